The average Bonchev–Trinajstić information content (AvgIpc) is 3.36. The van der Waals surface area contributed by atoms with E-state index in [1.54, 1.807) is 6.20 Å². The van der Waals surface area contributed by atoms with E-state index in [9.17, 15) is 9.90 Å². The maximum absolute atomic E-state index is 15.2. The van der Waals surface area contributed by atoms with Crippen molar-refractivity contribution in [3.05, 3.63) is 28.2 Å². The fraction of sp³-hybridized carbons (Fsp3) is 0.471. The number of hydrogen-bond acceptors (Lipinski definition) is 8. The fourth-order valence-electron chi connectivity index (χ4n) is 3.43. The molecule has 4 atom stereocenters. The molecule has 150 valence electrons. The zero-order chi connectivity index (χ0) is 19.8. The second-order valence-corrected chi connectivity index (χ2v) is 7.71. The molecule has 2 aromatic rings. The third-order valence-corrected chi connectivity index (χ3v) is 5.59. The summed E-state index contributed by atoms with van der Waals surface area (Å²) in [6.07, 6.45) is 1.35. The Bertz CT molecular complexity index is 914. The number of aliphatic hydroxyl groups excluding tert-OH is 1. The minimum absolute atomic E-state index is 0.266. The molecule has 1 aliphatic carbocycles. The molecule has 1 aliphatic heterocycles. The van der Waals surface area contributed by atoms with Gasteiger partial charge in [0, 0.05) is 22.6 Å². The number of aromatic nitrogens is 3. The van der Waals surface area contributed by atoms with Crippen LogP contribution in [0.1, 0.15) is 19.1 Å². The zero-order valence-electron chi connectivity index (χ0n) is 14.6. The number of anilines is 1. The molecular formula is C17H18FIN4O5. The number of fused-ring (bicyclic) bond motifs is 1. The third-order valence-electron chi connectivity index (χ3n) is 4.77. The summed E-state index contributed by atoms with van der Waals surface area (Å²) < 4.78 is 33.4. The molecule has 0 radical (unpaired) electrons. The highest BCUT2D eigenvalue weighted by molar-refractivity contribution is 14.1. The van der Waals surface area contributed by atoms with Crippen LogP contribution >= 0.6 is 22.6 Å². The van der Waals surface area contributed by atoms with E-state index in [1.165, 1.54) is 10.9 Å². The molecule has 0 spiro atoms. The molecule has 2 aromatic heterocycles. The van der Waals surface area contributed by atoms with E-state index in [-0.39, 0.29) is 11.9 Å². The number of aliphatic hydroxyl groups is 1. The Morgan fingerprint density at radius 1 is 1.39 bits per heavy atom. The van der Waals surface area contributed by atoms with Crippen molar-refractivity contribution in [3.8, 4) is 0 Å². The van der Waals surface area contributed by atoms with Crippen molar-refractivity contribution in [2.45, 2.75) is 43.6 Å². The van der Waals surface area contributed by atoms with E-state index in [0.29, 0.717) is 23.9 Å². The number of carbonyl (C=O) groups is 1. The molecule has 11 heteroatoms. The first-order chi connectivity index (χ1) is 13.5. The van der Waals surface area contributed by atoms with Crippen LogP contribution < -0.4 is 5.73 Å². The van der Waals surface area contributed by atoms with Gasteiger partial charge in [-0.1, -0.05) is 12.2 Å². The number of nitrogen functional groups attached to an aromatic ring is 1. The van der Waals surface area contributed by atoms with Crippen molar-refractivity contribution in [1.82, 2.24) is 14.5 Å². The number of halogens is 2. The van der Waals surface area contributed by atoms with Crippen molar-refractivity contribution in [1.29, 1.82) is 0 Å². The lowest BCUT2D eigenvalue weighted by atomic mass is 10.1. The summed E-state index contributed by atoms with van der Waals surface area (Å²) >= 11 is 2.05. The number of ether oxygens (including phenoxy) is 3. The Morgan fingerprint density at radius 2 is 2.14 bits per heavy atom. The average molecular weight is 504 g/mol. The van der Waals surface area contributed by atoms with Gasteiger partial charge in [0.2, 0.25) is 0 Å². The highest BCUT2D eigenvalue weighted by Gasteiger charge is 2.49. The summed E-state index contributed by atoms with van der Waals surface area (Å²) in [7, 11) is 0. The molecular weight excluding hydrogens is 486 g/mol. The van der Waals surface area contributed by atoms with E-state index >= 15 is 4.39 Å². The number of rotatable bonds is 4. The van der Waals surface area contributed by atoms with Crippen molar-refractivity contribution in [3.63, 3.8) is 0 Å². The van der Waals surface area contributed by atoms with Gasteiger partial charge in [-0.25, -0.2) is 19.2 Å². The molecule has 1 saturated heterocycles. The third kappa shape index (κ3) is 3.42. The first-order valence-electron chi connectivity index (χ1n) is 8.68. The van der Waals surface area contributed by atoms with Gasteiger partial charge in [-0.2, -0.15) is 0 Å². The molecule has 0 aromatic carbocycles. The first-order valence-corrected chi connectivity index (χ1v) is 9.76. The molecule has 28 heavy (non-hydrogen) atoms. The summed E-state index contributed by atoms with van der Waals surface area (Å²) in [5.74, 6) is 0.266. The largest absolute Gasteiger partial charge is 0.509 e. The fourth-order valence-corrected chi connectivity index (χ4v) is 4.24. The smallest absolute Gasteiger partial charge is 0.430 e. The molecule has 3 N–H and O–H groups in total. The quantitative estimate of drug-likeness (QED) is 0.369. The van der Waals surface area contributed by atoms with Gasteiger partial charge in [-0.3, -0.25) is 0 Å². The lowest BCUT2D eigenvalue weighted by molar-refractivity contribution is -0.0597. The predicted octanol–water partition coefficient (Wildman–Crippen LogP) is 2.09. The molecule has 2 aliphatic rings. The molecule has 3 heterocycles. The van der Waals surface area contributed by atoms with Crippen LogP contribution in [-0.2, 0) is 14.2 Å². The SMILES string of the molecule is Nc1ncnc2c1c(I)cn2[C@@H]1O[C@H](CO)[C@H](OC(=O)OC2CC=CC2)C1F. The summed E-state index contributed by atoms with van der Waals surface area (Å²) in [6.45, 7) is -0.521. The van der Waals surface area contributed by atoms with Crippen molar-refractivity contribution in [2.75, 3.05) is 12.3 Å². The number of nitrogens with two attached hydrogens (primary N) is 1. The van der Waals surface area contributed by atoms with Crippen LogP contribution in [0.25, 0.3) is 11.0 Å². The van der Waals surface area contributed by atoms with Crippen LogP contribution in [-0.4, -0.2) is 56.9 Å². The lowest BCUT2D eigenvalue weighted by Gasteiger charge is -2.19. The Balaban J connectivity index is 1.55. The summed E-state index contributed by atoms with van der Waals surface area (Å²) in [5.41, 5.74) is 6.28. The van der Waals surface area contributed by atoms with Gasteiger partial charge in [-0.15, -0.1) is 0 Å². The van der Waals surface area contributed by atoms with Crippen molar-refractivity contribution in [2.24, 2.45) is 0 Å². The Hall–Kier alpha value is -1.99. The number of nitrogens with zero attached hydrogens (tertiary/aromatic N) is 3. The minimum Gasteiger partial charge on any atom is -0.430 e. The van der Waals surface area contributed by atoms with Crippen LogP contribution in [0.5, 0.6) is 0 Å². The van der Waals surface area contributed by atoms with Gasteiger partial charge >= 0.3 is 6.16 Å². The molecule has 0 bridgehead atoms. The van der Waals surface area contributed by atoms with Crippen LogP contribution in [0.15, 0.2) is 24.7 Å². The van der Waals surface area contributed by atoms with E-state index in [2.05, 4.69) is 9.97 Å². The Labute approximate surface area is 172 Å². The van der Waals surface area contributed by atoms with E-state index < -0.39 is 37.4 Å². The minimum atomic E-state index is -1.74. The predicted molar refractivity (Wildman–Crippen MR) is 104 cm³/mol. The van der Waals surface area contributed by atoms with Crippen LogP contribution in [0.4, 0.5) is 15.0 Å². The highest BCUT2D eigenvalue weighted by atomic mass is 127. The second kappa shape index (κ2) is 7.79. The topological polar surface area (TPSA) is 122 Å². The van der Waals surface area contributed by atoms with E-state index in [1.807, 2.05) is 34.7 Å². The Morgan fingerprint density at radius 3 is 2.86 bits per heavy atom. The van der Waals surface area contributed by atoms with E-state index in [4.69, 9.17) is 19.9 Å². The normalized spacial score (nSPS) is 27.5. The van der Waals surface area contributed by atoms with E-state index in [0.717, 1.165) is 3.57 Å². The second-order valence-electron chi connectivity index (χ2n) is 6.55. The number of hydrogen-bond donors (Lipinski definition) is 2. The summed E-state index contributed by atoms with van der Waals surface area (Å²) in [6, 6.07) is 0. The van der Waals surface area contributed by atoms with Crippen molar-refractivity contribution >= 4 is 45.6 Å². The summed E-state index contributed by atoms with van der Waals surface area (Å²) in [4.78, 5) is 20.2. The maximum atomic E-state index is 15.2. The molecule has 0 saturated carbocycles. The van der Waals surface area contributed by atoms with Gasteiger partial charge in [0.05, 0.1) is 12.0 Å². The van der Waals surface area contributed by atoms with Crippen LogP contribution in [0, 0.1) is 3.57 Å². The molecule has 4 rings (SSSR count). The van der Waals surface area contributed by atoms with Gasteiger partial charge in [0.1, 0.15) is 30.0 Å². The van der Waals surface area contributed by atoms with Gasteiger partial charge < -0.3 is 29.6 Å². The summed E-state index contributed by atoms with van der Waals surface area (Å²) in [5, 5.41) is 10.2. The standard InChI is InChI=1S/C17H18FIN4O5/c18-12-13(28-17(25)26-8-3-1-2-4-8)10(6-24)27-16(12)23-5-9(19)11-14(20)21-7-22-15(11)23/h1-2,5,7-8,10,12-13,16,24H,3-4,6H2,(H2,20,21,22)/t10-,12?,13+,16-/m1/s1. The molecule has 1 unspecified atom stereocenters. The zero-order valence-corrected chi connectivity index (χ0v) is 16.7. The Kier molecular flexibility index (Phi) is 5.38. The molecule has 9 nitrogen and oxygen atoms in total. The lowest BCUT2D eigenvalue weighted by Crippen LogP contribution is -2.36. The molecule has 1 fully saturated rings. The number of alkyl halides is 1. The maximum Gasteiger partial charge on any atom is 0.509 e. The monoisotopic (exact) mass is 504 g/mol. The van der Waals surface area contributed by atoms with Gasteiger partial charge in [0.15, 0.2) is 18.5 Å². The highest BCUT2D eigenvalue weighted by Crippen LogP contribution is 2.38. The van der Waals surface area contributed by atoms with Gasteiger partial charge in [0.25, 0.3) is 0 Å². The molecule has 0 amide bonds. The van der Waals surface area contributed by atoms with Crippen LogP contribution in [0.2, 0.25) is 0 Å². The first kappa shape index (κ1) is 19.3. The van der Waals surface area contributed by atoms with Crippen LogP contribution in [0.3, 0.4) is 0 Å². The van der Waals surface area contributed by atoms with Gasteiger partial charge in [-0.05, 0) is 22.6 Å². The number of carbonyl (C=O) groups excluding carboxylic acids is 1. The van der Waals surface area contributed by atoms with Crippen molar-refractivity contribution < 1.29 is 28.5 Å².